The zero-order valence-electron chi connectivity index (χ0n) is 77.6. The fourth-order valence-electron chi connectivity index (χ4n) is 24.6. The molecule has 139 heavy (non-hydrogen) atoms. The Labute approximate surface area is 796 Å². The van der Waals surface area contributed by atoms with Gasteiger partial charge in [0.1, 0.15) is 220 Å². The third kappa shape index (κ3) is 19.9. The first-order chi connectivity index (χ1) is 65.5. The predicted octanol–water partition coefficient (Wildman–Crippen LogP) is -12.5. The molecule has 798 valence electrons. The summed E-state index contributed by atoms with van der Waals surface area (Å²) in [6, 6.07) is 0. The van der Waals surface area contributed by atoms with E-state index in [4.69, 9.17) is 94.7 Å². The van der Waals surface area contributed by atoms with Gasteiger partial charge in [-0.05, 0) is 117 Å². The number of aldehydes is 1. The SMILES string of the molecule is C[C@H]1O[C@@H](OC(=O)[C@]23CCC(C)(C)CC2C2=CCC4[C@@]5(C)CC[C@H](O[C@@H]6O[C@H](C(=O)O)[C@@H](O[C@@H]7O[C@H](CO)[C@H](O)[C@H](O)[C@H]7O)[C@H](O[C@@H]7OC[C@H](O)[C@@H](O)[C@H]7O)[C@H]6O)[C@@](C)(C=O)C5CC[C@@]4(C)C2(C)CC3)[C@H](O)[C@H](O[C@@H]2OC[C@@H](O[C@@H]3O[C@H](CO)[C@@H](O[C@@H]4O[C@H](CO)[C@H](O)[C@@H](O)[C@H]4O)[C@@H](O)[C@H]3O)[C@H](O[C@@H]3O[C@H](CO)[C@H](O)[C@@H](O)[C@H]3O)[C@H]2O[C@@H]2O[C@H](CO)[C@H](O)[C@@H](O)[C@H]2O)C1O[C@@H]1O[C@H](C)[C@@H](O)[C@@H](O)[C@H]1O. The summed E-state index contributed by atoms with van der Waals surface area (Å²) >= 11 is 0. The number of aliphatic hydroxyl groups is 27. The standard InChI is InChI=1S/C88H140O51/c1-28-42(96)48(102)55(109)73(122-28)131-63-29(2)123-79(61(115)66(63)135-81-70(138-78-59(113)52(106)47(101)36(23-92)127-78)65(133-76-57(111)50(104)45(99)34(21-90)125-76)38(26-121-81)129-74-60(114)53(107)64(37(24-93)128-74)132-75-56(110)49(103)44(98)33(20-89)124-75)139-82(119)88-17-15-83(3,4)19-31(88)30-9-10-40-84(5)13-12-41(85(6,27-94)39(84)11-14-87(40,8)86(30,7)16-18-88)130-80-62(116)67(134-72-54(108)43(97)32(95)25-120-72)68(69(137-80)71(117)118)136-77-58(112)51(105)46(100)35(22-91)126-77/h9,27-29,31-70,72-81,89-93,95-116H,10-26H2,1-8H3,(H,117,118)/t28-,29-,31?,32+,33-,34-,35-,36-,37-,38-,39?,40?,41+,42-,43-,44+,45+,46+,47+,48-,49-,50-,51+,52-,53+,54-,55-,56-,57-,58-,59-,60-,61-,62-,63?,64-,65+,66+,67-,68+,69+,70-,72+,73+,74+,75+,76+,77+,78+,79+,80-,81+,84+,85+,86?,87-,88+/m1/s1. The molecule has 15 rings (SSSR count). The van der Waals surface area contributed by atoms with Crippen molar-refractivity contribution in [2.45, 2.75) is 421 Å². The van der Waals surface area contributed by atoms with Crippen LogP contribution >= 0.6 is 0 Å². The van der Waals surface area contributed by atoms with Crippen LogP contribution in [0.1, 0.15) is 120 Å². The summed E-state index contributed by atoms with van der Waals surface area (Å²) in [7, 11) is 0. The van der Waals surface area contributed by atoms with Crippen LogP contribution in [0.2, 0.25) is 0 Å². The molecule has 5 unspecified atom stereocenters. The molecule has 0 aromatic heterocycles. The van der Waals surface area contributed by atoms with Gasteiger partial charge in [-0.1, -0.05) is 53.2 Å². The fraction of sp³-hybridized carbons (Fsp3) is 0.943. The molecule has 57 atom stereocenters. The van der Waals surface area contributed by atoms with Crippen molar-refractivity contribution in [2.75, 3.05) is 46.2 Å². The number of carboxylic acid groups (broad SMARTS) is 1. The Kier molecular flexibility index (Phi) is 33.8. The highest BCUT2D eigenvalue weighted by Crippen LogP contribution is 2.76. The number of carboxylic acids is 1. The molecule has 51 heteroatoms. The molecule has 28 N–H and O–H groups in total. The molecule has 4 saturated carbocycles. The van der Waals surface area contributed by atoms with Gasteiger partial charge in [-0.2, -0.15) is 0 Å². The number of aliphatic carboxylic acids is 1. The van der Waals surface area contributed by atoms with E-state index in [0.717, 1.165) is 11.9 Å². The van der Waals surface area contributed by atoms with Crippen LogP contribution in [0.3, 0.4) is 0 Å². The van der Waals surface area contributed by atoms with E-state index in [1.165, 1.54) is 13.8 Å². The zero-order chi connectivity index (χ0) is 101. The van der Waals surface area contributed by atoms with Crippen molar-refractivity contribution in [3.63, 3.8) is 0 Å². The lowest BCUT2D eigenvalue weighted by Crippen LogP contribution is -2.69. The molecule has 51 nitrogen and oxygen atoms in total. The molecule has 0 aromatic rings. The first-order valence-electron chi connectivity index (χ1n) is 47.5. The minimum Gasteiger partial charge on any atom is -0.479 e. The van der Waals surface area contributed by atoms with E-state index in [1.54, 1.807) is 6.92 Å². The number of rotatable bonds is 27. The summed E-state index contributed by atoms with van der Waals surface area (Å²) in [5.41, 5.74) is -4.44. The van der Waals surface area contributed by atoms with Crippen molar-refractivity contribution in [3.8, 4) is 0 Å². The Morgan fingerprint density at radius 2 is 0.799 bits per heavy atom. The van der Waals surface area contributed by atoms with Gasteiger partial charge < -0.3 is 243 Å². The third-order valence-corrected chi connectivity index (χ3v) is 33.2. The highest BCUT2D eigenvalue weighted by Gasteiger charge is 2.73. The quantitative estimate of drug-likeness (QED) is 0.0157. The molecule has 14 fully saturated rings. The van der Waals surface area contributed by atoms with E-state index in [9.17, 15) is 153 Å². The lowest BCUT2D eigenvalue weighted by molar-refractivity contribution is -0.414. The normalized spacial score (nSPS) is 54.6. The van der Waals surface area contributed by atoms with Crippen molar-refractivity contribution in [2.24, 2.45) is 50.2 Å². The second kappa shape index (κ2) is 42.9. The maximum atomic E-state index is 16.4. The number of allylic oxidation sites excluding steroid dienone is 2. The maximum absolute atomic E-state index is 16.4. The van der Waals surface area contributed by atoms with Gasteiger partial charge in [0.05, 0.1) is 75.4 Å². The Hall–Kier alpha value is -3.49. The van der Waals surface area contributed by atoms with Crippen LogP contribution in [0.4, 0.5) is 0 Å². The zero-order valence-corrected chi connectivity index (χ0v) is 77.6. The van der Waals surface area contributed by atoms with Gasteiger partial charge >= 0.3 is 11.9 Å². The van der Waals surface area contributed by atoms with E-state index >= 15 is 4.79 Å². The van der Waals surface area contributed by atoms with E-state index in [-0.39, 0.29) is 25.2 Å². The molecule has 5 aliphatic carbocycles. The van der Waals surface area contributed by atoms with Gasteiger partial charge in [-0.25, -0.2) is 4.79 Å². The van der Waals surface area contributed by atoms with Crippen molar-refractivity contribution in [1.29, 1.82) is 0 Å². The number of carbonyl (C=O) groups excluding carboxylic acids is 2. The summed E-state index contributed by atoms with van der Waals surface area (Å²) in [5, 5.41) is 311. The highest BCUT2D eigenvalue weighted by atomic mass is 16.8. The second-order valence-electron chi connectivity index (χ2n) is 41.9. The minimum atomic E-state index is -2.35. The average Bonchev–Trinajstić information content (AvgIpc) is 0.671. The van der Waals surface area contributed by atoms with E-state index in [0.29, 0.717) is 44.9 Å². The van der Waals surface area contributed by atoms with Crippen LogP contribution < -0.4 is 0 Å². The average molecular weight is 2010 g/mol. The minimum absolute atomic E-state index is 0.0853. The fourth-order valence-corrected chi connectivity index (χ4v) is 24.6. The Morgan fingerprint density at radius 1 is 0.374 bits per heavy atom. The highest BCUT2D eigenvalue weighted by molar-refractivity contribution is 5.79. The molecule has 0 spiro atoms. The molecule has 10 saturated heterocycles. The number of esters is 1. The van der Waals surface area contributed by atoms with Crippen LogP contribution in [0.15, 0.2) is 11.6 Å². The Balaban J connectivity index is 0.725. The van der Waals surface area contributed by atoms with Gasteiger partial charge in [-0.15, -0.1) is 0 Å². The van der Waals surface area contributed by atoms with Gasteiger partial charge in [0, 0.05) is 0 Å². The largest absolute Gasteiger partial charge is 0.479 e. The topological polar surface area (TPSA) is 802 Å². The molecule has 0 amide bonds. The summed E-state index contributed by atoms with van der Waals surface area (Å²) in [6.07, 6.45) is -92.0. The number of hydrogen-bond acceptors (Lipinski definition) is 50. The van der Waals surface area contributed by atoms with Crippen molar-refractivity contribution in [1.82, 2.24) is 0 Å². The summed E-state index contributed by atoms with van der Waals surface area (Å²) in [4.78, 5) is 44.2. The molecular weight excluding hydrogens is 1870 g/mol. The second-order valence-corrected chi connectivity index (χ2v) is 41.9. The van der Waals surface area contributed by atoms with Crippen LogP contribution in [0.5, 0.6) is 0 Å². The van der Waals surface area contributed by atoms with Crippen molar-refractivity contribution < 1.29 is 252 Å². The van der Waals surface area contributed by atoms with E-state index in [1.807, 2.05) is 0 Å². The lowest BCUT2D eigenvalue weighted by atomic mass is 9.33. The summed E-state index contributed by atoms with van der Waals surface area (Å²) < 4.78 is 123. The number of fused-ring (bicyclic) bond motifs is 7. The molecule has 0 aromatic carbocycles. The van der Waals surface area contributed by atoms with Gasteiger partial charge in [-0.3, -0.25) is 4.79 Å². The van der Waals surface area contributed by atoms with Crippen LogP contribution in [0, 0.1) is 50.2 Å². The molecule has 10 aliphatic heterocycles. The number of carbonyl (C=O) groups is 3. The Bertz CT molecular complexity index is 4120. The summed E-state index contributed by atoms with van der Waals surface area (Å²) in [6.45, 7) is 8.27. The van der Waals surface area contributed by atoms with Gasteiger partial charge in [0.15, 0.2) is 62.7 Å². The monoisotopic (exact) mass is 2010 g/mol. The summed E-state index contributed by atoms with van der Waals surface area (Å²) in [5.74, 6) is -3.96. The molecule has 0 bridgehead atoms. The number of aliphatic hydroxyl groups excluding tert-OH is 27. The molecule has 10 heterocycles. The lowest BCUT2D eigenvalue weighted by Gasteiger charge is -2.71. The number of hydrogen-bond donors (Lipinski definition) is 28. The number of ether oxygens (including phenoxy) is 20. The van der Waals surface area contributed by atoms with Gasteiger partial charge in [0.25, 0.3) is 0 Å². The molecular formula is C88H140O51. The van der Waals surface area contributed by atoms with E-state index < -0.39 is 403 Å². The maximum Gasteiger partial charge on any atom is 0.335 e. The van der Waals surface area contributed by atoms with E-state index in [2.05, 4.69) is 40.7 Å². The first-order valence-corrected chi connectivity index (χ1v) is 47.5. The first kappa shape index (κ1) is 110. The third-order valence-electron chi connectivity index (χ3n) is 33.2. The van der Waals surface area contributed by atoms with Crippen LogP contribution in [-0.4, -0.2) is 508 Å². The smallest absolute Gasteiger partial charge is 0.335 e. The molecule has 15 aliphatic rings. The molecule has 0 radical (unpaired) electrons. The van der Waals surface area contributed by atoms with Gasteiger partial charge in [0.2, 0.25) is 6.29 Å². The predicted molar refractivity (Wildman–Crippen MR) is 445 cm³/mol. The Morgan fingerprint density at radius 3 is 1.33 bits per heavy atom. The van der Waals surface area contributed by atoms with Crippen molar-refractivity contribution >= 4 is 18.2 Å². The van der Waals surface area contributed by atoms with Crippen LogP contribution in [0.25, 0.3) is 0 Å². The van der Waals surface area contributed by atoms with Crippen LogP contribution in [-0.2, 0) is 109 Å². The van der Waals surface area contributed by atoms with Crippen molar-refractivity contribution in [3.05, 3.63) is 11.6 Å².